The lowest BCUT2D eigenvalue weighted by atomic mass is 9.70. The Labute approximate surface area is 295 Å². The molecule has 0 bridgehead atoms. The molecule has 0 saturated carbocycles. The van der Waals surface area contributed by atoms with Crippen molar-refractivity contribution in [2.24, 2.45) is 17.1 Å². The fourth-order valence-corrected chi connectivity index (χ4v) is 5.04. The first-order valence-electron chi connectivity index (χ1n) is 17.0. The van der Waals surface area contributed by atoms with Crippen molar-refractivity contribution in [3.05, 3.63) is 35.9 Å². The number of amides is 6. The van der Waals surface area contributed by atoms with Gasteiger partial charge in [-0.3, -0.25) is 9.59 Å². The lowest BCUT2D eigenvalue weighted by Gasteiger charge is -2.42. The number of carbonyl (C=O) groups is 6. The predicted octanol–water partition coefficient (Wildman–Crippen LogP) is 3.94. The van der Waals surface area contributed by atoms with Crippen LogP contribution in [-0.2, 0) is 30.5 Å². The zero-order chi connectivity index (χ0) is 38.1. The van der Waals surface area contributed by atoms with Gasteiger partial charge in [-0.2, -0.15) is 0 Å². The molecule has 8 N–H and O–H groups in total. The van der Waals surface area contributed by atoms with Gasteiger partial charge in [-0.15, -0.1) is 0 Å². The van der Waals surface area contributed by atoms with Gasteiger partial charge in [0.25, 0.3) is 0 Å². The minimum absolute atomic E-state index is 0.0231. The van der Waals surface area contributed by atoms with E-state index >= 15 is 0 Å². The quantitative estimate of drug-likeness (QED) is 0.103. The van der Waals surface area contributed by atoms with Crippen LogP contribution in [0.3, 0.4) is 0 Å². The zero-order valence-electron chi connectivity index (χ0n) is 30.8. The van der Waals surface area contributed by atoms with Crippen LogP contribution in [0, 0.1) is 11.3 Å². The van der Waals surface area contributed by atoms with Crippen LogP contribution >= 0.6 is 0 Å². The topological polar surface area (TPSA) is 227 Å². The molecule has 0 unspecified atom stereocenters. The molecular weight excluding hydrogens is 648 g/mol. The van der Waals surface area contributed by atoms with Gasteiger partial charge < -0.3 is 46.9 Å². The van der Waals surface area contributed by atoms with Crippen molar-refractivity contribution >= 4 is 36.0 Å². The minimum atomic E-state index is -1.75. The summed E-state index contributed by atoms with van der Waals surface area (Å²) in [5.74, 6) is -3.01. The summed E-state index contributed by atoms with van der Waals surface area (Å²) in [6.07, 6.45) is 0.480. The Hall–Kier alpha value is -4.56. The highest BCUT2D eigenvalue weighted by Gasteiger charge is 2.50. The average Bonchev–Trinajstić information content (AvgIpc) is 2.99. The molecule has 50 heavy (non-hydrogen) atoms. The molecule has 0 aliphatic rings. The molecule has 0 aliphatic heterocycles. The van der Waals surface area contributed by atoms with Gasteiger partial charge in [0.1, 0.15) is 29.8 Å². The summed E-state index contributed by atoms with van der Waals surface area (Å²) >= 11 is 0. The molecule has 0 heterocycles. The van der Waals surface area contributed by atoms with Crippen molar-refractivity contribution in [1.29, 1.82) is 0 Å². The number of hydrogen-bond acceptors (Lipinski definition) is 8. The van der Waals surface area contributed by atoms with E-state index in [1.807, 2.05) is 30.3 Å². The summed E-state index contributed by atoms with van der Waals surface area (Å²) < 4.78 is 10.4. The molecular formula is C35H58N6O9. The zero-order valence-corrected chi connectivity index (χ0v) is 30.8. The Morgan fingerprint density at radius 3 is 1.92 bits per heavy atom. The van der Waals surface area contributed by atoms with E-state index in [1.54, 1.807) is 55.4 Å². The molecule has 3 atom stereocenters. The molecule has 15 nitrogen and oxygen atoms in total. The standard InChI is InChI=1S/C35H58N6O9/c1-23(2)26(27(36)42)40-28(43)25(18-12-14-20-37-31(47)49-22-24-16-10-9-11-17-24)39-30(46)41-35(29(44)45,33(3,4)5)19-13-15-21-38-32(48)50-34(6,7)8/h9-11,16-17,23,25-26H,12-15,18-22H2,1-8H3,(H2,36,42)(H,37,47)(H,38,48)(H,40,43)(H,44,45)(H2,39,41,46)/t25-,26+,35-/m1/s1. The smallest absolute Gasteiger partial charge is 0.407 e. The van der Waals surface area contributed by atoms with Gasteiger partial charge in [0, 0.05) is 13.1 Å². The van der Waals surface area contributed by atoms with Gasteiger partial charge in [-0.05, 0) is 76.2 Å². The van der Waals surface area contributed by atoms with E-state index in [4.69, 9.17) is 15.2 Å². The maximum atomic E-state index is 13.5. The number of carboxylic acids is 1. The molecule has 0 spiro atoms. The molecule has 282 valence electrons. The van der Waals surface area contributed by atoms with E-state index in [2.05, 4.69) is 26.6 Å². The number of ether oxygens (including phenoxy) is 2. The van der Waals surface area contributed by atoms with Crippen molar-refractivity contribution in [1.82, 2.24) is 26.6 Å². The Morgan fingerprint density at radius 2 is 1.40 bits per heavy atom. The molecule has 6 amide bonds. The summed E-state index contributed by atoms with van der Waals surface area (Å²) in [6.45, 7) is 14.3. The largest absolute Gasteiger partial charge is 0.479 e. The van der Waals surface area contributed by atoms with Crippen molar-refractivity contribution < 1.29 is 43.3 Å². The number of carboxylic acid groups (broad SMARTS) is 1. The van der Waals surface area contributed by atoms with E-state index in [0.717, 1.165) is 5.56 Å². The van der Waals surface area contributed by atoms with Gasteiger partial charge in [0.2, 0.25) is 11.8 Å². The van der Waals surface area contributed by atoms with Crippen LogP contribution in [0.1, 0.15) is 99.5 Å². The van der Waals surface area contributed by atoms with Gasteiger partial charge in [-0.1, -0.05) is 65.0 Å². The SMILES string of the molecule is CC(C)[C@H](NC(=O)[C@@H](CCCCNC(=O)OCc1ccccc1)NC(=O)N[C@](CCCCNC(=O)OC(C)(C)C)(C(=O)O)C(C)(C)C)C(N)=O. The summed E-state index contributed by atoms with van der Waals surface area (Å²) in [7, 11) is 0. The molecule has 0 aromatic heterocycles. The Bertz CT molecular complexity index is 1280. The number of nitrogens with two attached hydrogens (primary N) is 1. The fourth-order valence-electron chi connectivity index (χ4n) is 5.04. The number of benzene rings is 1. The second-order valence-electron chi connectivity index (χ2n) is 14.6. The number of alkyl carbamates (subject to hydrolysis) is 2. The van der Waals surface area contributed by atoms with Crippen molar-refractivity contribution in [3.8, 4) is 0 Å². The van der Waals surface area contributed by atoms with Gasteiger partial charge in [0.05, 0.1) is 0 Å². The van der Waals surface area contributed by atoms with Gasteiger partial charge >= 0.3 is 24.2 Å². The second kappa shape index (κ2) is 20.2. The number of carbonyl (C=O) groups excluding carboxylic acids is 5. The van der Waals surface area contributed by atoms with Crippen LogP contribution in [0.2, 0.25) is 0 Å². The summed E-state index contributed by atoms with van der Waals surface area (Å²) in [5.41, 5.74) is 2.95. The number of rotatable bonds is 19. The first kappa shape index (κ1) is 43.5. The third-order valence-corrected chi connectivity index (χ3v) is 7.91. The van der Waals surface area contributed by atoms with Gasteiger partial charge in [0.15, 0.2) is 0 Å². The molecule has 1 aromatic rings. The third-order valence-electron chi connectivity index (χ3n) is 7.91. The monoisotopic (exact) mass is 706 g/mol. The minimum Gasteiger partial charge on any atom is -0.479 e. The highest BCUT2D eigenvalue weighted by atomic mass is 16.6. The summed E-state index contributed by atoms with van der Waals surface area (Å²) in [4.78, 5) is 75.7. The molecule has 15 heteroatoms. The van der Waals surface area contributed by atoms with Crippen LogP contribution in [0.15, 0.2) is 30.3 Å². The van der Waals surface area contributed by atoms with Crippen LogP contribution in [0.4, 0.5) is 14.4 Å². The predicted molar refractivity (Wildman–Crippen MR) is 188 cm³/mol. The van der Waals surface area contributed by atoms with E-state index in [0.29, 0.717) is 25.7 Å². The fraction of sp³-hybridized carbons (Fsp3) is 0.657. The number of hydrogen-bond donors (Lipinski definition) is 7. The van der Waals surface area contributed by atoms with E-state index < -0.39 is 64.6 Å². The molecule has 0 fully saturated rings. The summed E-state index contributed by atoms with van der Waals surface area (Å²) in [6, 6.07) is 6.14. The third kappa shape index (κ3) is 15.8. The van der Waals surface area contributed by atoms with E-state index in [1.165, 1.54) is 0 Å². The molecule has 0 radical (unpaired) electrons. The van der Waals surface area contributed by atoms with Crippen LogP contribution in [0.25, 0.3) is 0 Å². The van der Waals surface area contributed by atoms with Crippen molar-refractivity contribution in [3.63, 3.8) is 0 Å². The highest BCUT2D eigenvalue weighted by Crippen LogP contribution is 2.35. The number of aliphatic carboxylic acids is 1. The maximum Gasteiger partial charge on any atom is 0.407 e. The average molecular weight is 707 g/mol. The highest BCUT2D eigenvalue weighted by molar-refractivity contribution is 5.93. The Morgan fingerprint density at radius 1 is 0.820 bits per heavy atom. The molecule has 1 rings (SSSR count). The second-order valence-corrected chi connectivity index (χ2v) is 14.6. The number of unbranched alkanes of at least 4 members (excludes halogenated alkanes) is 2. The lowest BCUT2D eigenvalue weighted by molar-refractivity contribution is -0.150. The van der Waals surface area contributed by atoms with Crippen LogP contribution in [-0.4, -0.2) is 77.4 Å². The molecule has 1 aromatic carbocycles. The van der Waals surface area contributed by atoms with Gasteiger partial charge in [-0.25, -0.2) is 19.2 Å². The number of urea groups is 1. The van der Waals surface area contributed by atoms with E-state index in [-0.39, 0.29) is 38.5 Å². The molecule has 0 aliphatic carbocycles. The maximum absolute atomic E-state index is 13.5. The Kier molecular flexibility index (Phi) is 17.6. The van der Waals surface area contributed by atoms with Crippen molar-refractivity contribution in [2.45, 2.75) is 124 Å². The van der Waals surface area contributed by atoms with Crippen LogP contribution < -0.4 is 32.3 Å². The van der Waals surface area contributed by atoms with E-state index in [9.17, 15) is 33.9 Å². The Balaban J connectivity index is 2.94. The van der Waals surface area contributed by atoms with Crippen molar-refractivity contribution in [2.75, 3.05) is 13.1 Å². The molecule has 0 saturated heterocycles. The summed E-state index contributed by atoms with van der Waals surface area (Å²) in [5, 5.41) is 23.5. The lowest BCUT2D eigenvalue weighted by Crippen LogP contribution is -2.65. The normalized spacial score (nSPS) is 13.9. The first-order valence-corrected chi connectivity index (χ1v) is 17.0. The number of nitrogens with one attached hydrogen (secondary N) is 5. The first-order chi connectivity index (χ1) is 23.2. The van der Waals surface area contributed by atoms with Crippen LogP contribution in [0.5, 0.6) is 0 Å². The number of primary amides is 1.